The second-order valence-corrected chi connectivity index (χ2v) is 10.1. The van der Waals surface area contributed by atoms with Gasteiger partial charge in [0.2, 0.25) is 0 Å². The molecule has 0 saturated heterocycles. The van der Waals surface area contributed by atoms with Gasteiger partial charge in [-0.15, -0.1) is 0 Å². The van der Waals surface area contributed by atoms with E-state index in [0.29, 0.717) is 46.1 Å². The highest BCUT2D eigenvalue weighted by Gasteiger charge is 2.27. The number of halogens is 2. The van der Waals surface area contributed by atoms with Crippen molar-refractivity contribution >= 4 is 33.5 Å². The monoisotopic (exact) mass is 596 g/mol. The van der Waals surface area contributed by atoms with Crippen LogP contribution in [-0.2, 0) is 13.0 Å². The molecule has 0 radical (unpaired) electrons. The molecule has 1 aliphatic heterocycles. The van der Waals surface area contributed by atoms with Crippen LogP contribution in [0.15, 0.2) is 87.2 Å². The van der Waals surface area contributed by atoms with E-state index >= 15 is 4.39 Å². The number of carbonyl (C=O) groups excluding carboxylic acids is 1. The van der Waals surface area contributed by atoms with Crippen molar-refractivity contribution in [3.63, 3.8) is 0 Å². The Kier molecular flexibility index (Phi) is 6.46. The van der Waals surface area contributed by atoms with Gasteiger partial charge in [-0.1, -0.05) is 0 Å². The molecule has 10 nitrogen and oxygen atoms in total. The molecule has 0 unspecified atom stereocenters. The van der Waals surface area contributed by atoms with Gasteiger partial charge >= 0.3 is 0 Å². The summed E-state index contributed by atoms with van der Waals surface area (Å²) < 4.78 is 48.3. The van der Waals surface area contributed by atoms with Gasteiger partial charge in [-0.25, -0.2) is 8.78 Å². The number of carbonyl (C=O) groups is 1. The highest BCUT2D eigenvalue weighted by Crippen LogP contribution is 2.34. The Hall–Kier alpha value is -5.78. The van der Waals surface area contributed by atoms with E-state index < -0.39 is 23.1 Å². The van der Waals surface area contributed by atoms with E-state index in [2.05, 4.69) is 10.3 Å². The molecule has 3 aromatic carbocycles. The lowest BCUT2D eigenvalue weighted by atomic mass is 10.1. The average Bonchev–Trinajstić information content (AvgIpc) is 3.61. The fraction of sp³-hybridized carbons (Fsp3) is 0.125. The minimum atomic E-state index is -0.792. The van der Waals surface area contributed by atoms with Crippen molar-refractivity contribution in [3.05, 3.63) is 117 Å². The zero-order chi connectivity index (χ0) is 30.5. The number of pyridine rings is 2. The minimum Gasteiger partial charge on any atom is -0.492 e. The van der Waals surface area contributed by atoms with Gasteiger partial charge in [-0.05, 0) is 55.5 Å². The maximum absolute atomic E-state index is 15.3. The van der Waals surface area contributed by atoms with Gasteiger partial charge in [-0.2, -0.15) is 4.74 Å². The molecule has 0 atom stereocenters. The molecule has 3 aromatic heterocycles. The largest absolute Gasteiger partial charge is 0.492 e. The van der Waals surface area contributed by atoms with Crippen molar-refractivity contribution < 1.29 is 27.6 Å². The highest BCUT2D eigenvalue weighted by atomic mass is 19.1. The quantitative estimate of drug-likeness (QED) is 0.267. The summed E-state index contributed by atoms with van der Waals surface area (Å²) in [7, 11) is 0. The zero-order valence-corrected chi connectivity index (χ0v) is 23.1. The fourth-order valence-electron chi connectivity index (χ4n) is 5.21. The second kappa shape index (κ2) is 10.5. The molecular formula is C32H22F2N4O6. The Morgan fingerprint density at radius 1 is 1.00 bits per heavy atom. The van der Waals surface area contributed by atoms with E-state index in [1.54, 1.807) is 31.3 Å². The number of aryl methyl sites for hydroxylation is 1. The first-order chi connectivity index (χ1) is 21.3. The Morgan fingerprint density at radius 2 is 1.82 bits per heavy atom. The van der Waals surface area contributed by atoms with Crippen molar-refractivity contribution in [2.45, 2.75) is 19.9 Å². The Balaban J connectivity index is 1.19. The number of rotatable bonds is 6. The molecule has 1 amide bonds. The zero-order valence-electron chi connectivity index (χ0n) is 23.1. The number of fused-ring (bicyclic) bond motifs is 3. The van der Waals surface area contributed by atoms with Crippen molar-refractivity contribution in [1.29, 1.82) is 0 Å². The molecule has 44 heavy (non-hydrogen) atoms. The van der Waals surface area contributed by atoms with Crippen molar-refractivity contribution in [2.75, 3.05) is 11.9 Å². The average molecular weight is 597 g/mol. The molecule has 220 valence electrons. The predicted molar refractivity (Wildman–Crippen MR) is 157 cm³/mol. The molecular weight excluding hydrogens is 574 g/mol. The summed E-state index contributed by atoms with van der Waals surface area (Å²) in [6.07, 6.45) is 3.53. The van der Waals surface area contributed by atoms with Crippen LogP contribution in [0.25, 0.3) is 27.6 Å². The SMILES string of the molecule is CCn1oc2cc3nccc(Oc4ccc(NC(=O)c5c6c(cn(-c7ccc(F)cc7)c5=O)CCO6)cc4F)c3cc2c1=O. The van der Waals surface area contributed by atoms with Crippen LogP contribution in [0.2, 0.25) is 0 Å². The first-order valence-corrected chi connectivity index (χ1v) is 13.7. The van der Waals surface area contributed by atoms with E-state index in [1.807, 2.05) is 0 Å². The molecule has 0 saturated carbocycles. The number of anilines is 1. The van der Waals surface area contributed by atoms with Crippen LogP contribution < -0.4 is 25.9 Å². The first-order valence-electron chi connectivity index (χ1n) is 13.7. The number of nitrogens with zero attached hydrogens (tertiary/aromatic N) is 3. The maximum atomic E-state index is 15.3. The molecule has 12 heteroatoms. The number of benzene rings is 3. The third-order valence-electron chi connectivity index (χ3n) is 7.35. The van der Waals surface area contributed by atoms with Crippen molar-refractivity contribution in [3.8, 4) is 22.9 Å². The van der Waals surface area contributed by atoms with Gasteiger partial charge in [-0.3, -0.25) is 23.9 Å². The summed E-state index contributed by atoms with van der Waals surface area (Å²) in [5.74, 6) is -1.77. The molecule has 0 spiro atoms. The van der Waals surface area contributed by atoms with Crippen LogP contribution >= 0.6 is 0 Å². The summed E-state index contributed by atoms with van der Waals surface area (Å²) >= 11 is 0. The van der Waals surface area contributed by atoms with E-state index in [-0.39, 0.29) is 40.7 Å². The Labute approximate surface area is 246 Å². The minimum absolute atomic E-state index is 0.0722. The predicted octanol–water partition coefficient (Wildman–Crippen LogP) is 5.57. The summed E-state index contributed by atoms with van der Waals surface area (Å²) in [5, 5.41) is 3.39. The Bertz CT molecular complexity index is 2240. The van der Waals surface area contributed by atoms with E-state index in [0.717, 1.165) is 6.07 Å². The topological polar surface area (TPSA) is 118 Å². The molecule has 7 rings (SSSR count). The molecule has 0 bridgehead atoms. The van der Waals surface area contributed by atoms with Crippen LogP contribution in [0.5, 0.6) is 17.2 Å². The molecule has 4 heterocycles. The highest BCUT2D eigenvalue weighted by molar-refractivity contribution is 6.06. The third kappa shape index (κ3) is 4.56. The number of hydrogen-bond acceptors (Lipinski definition) is 7. The summed E-state index contributed by atoms with van der Waals surface area (Å²) in [4.78, 5) is 43.7. The lowest BCUT2D eigenvalue weighted by Gasteiger charge is -2.14. The lowest BCUT2D eigenvalue weighted by molar-refractivity contribution is 0.102. The number of amides is 1. The molecule has 0 fully saturated rings. The summed E-state index contributed by atoms with van der Waals surface area (Å²) in [6.45, 7) is 2.43. The number of aromatic nitrogens is 3. The van der Waals surface area contributed by atoms with Gasteiger partial charge in [0.05, 0.1) is 24.1 Å². The fourth-order valence-corrected chi connectivity index (χ4v) is 5.21. The van der Waals surface area contributed by atoms with Gasteiger partial charge in [0.25, 0.3) is 17.0 Å². The third-order valence-corrected chi connectivity index (χ3v) is 7.35. The molecule has 6 aromatic rings. The smallest absolute Gasteiger partial charge is 0.290 e. The van der Waals surface area contributed by atoms with E-state index in [9.17, 15) is 18.8 Å². The number of ether oxygens (including phenoxy) is 2. The number of nitrogens with one attached hydrogen (secondary N) is 1. The maximum Gasteiger partial charge on any atom is 0.290 e. The van der Waals surface area contributed by atoms with E-state index in [1.165, 1.54) is 51.9 Å². The van der Waals surface area contributed by atoms with Crippen LogP contribution in [-0.4, -0.2) is 26.8 Å². The van der Waals surface area contributed by atoms with Crippen molar-refractivity contribution in [1.82, 2.24) is 14.3 Å². The molecule has 1 aliphatic rings. The first kappa shape index (κ1) is 27.1. The Morgan fingerprint density at radius 3 is 2.59 bits per heavy atom. The van der Waals surface area contributed by atoms with Gasteiger partial charge in [0, 0.05) is 53.3 Å². The van der Waals surface area contributed by atoms with E-state index in [4.69, 9.17) is 14.0 Å². The second-order valence-electron chi connectivity index (χ2n) is 10.1. The van der Waals surface area contributed by atoms with Crippen LogP contribution in [0, 0.1) is 11.6 Å². The lowest BCUT2D eigenvalue weighted by Crippen LogP contribution is -2.29. The van der Waals surface area contributed by atoms with Crippen LogP contribution in [0.4, 0.5) is 14.5 Å². The standard InChI is InChI=1S/C32H22F2N4O6/c1-2-38-31(40)22-14-21-24(15-27(22)44-38)35-11-9-25(21)43-26-8-5-19(13-23(26)34)36-30(39)28-29-17(10-12-42-29)16-37(32(28)41)20-6-3-18(33)4-7-20/h3-9,11,13-16H,2,10,12H2,1H3,(H,36,39). The molecule has 1 N–H and O–H groups in total. The van der Waals surface area contributed by atoms with Crippen molar-refractivity contribution in [2.24, 2.45) is 0 Å². The van der Waals surface area contributed by atoms with Crippen LogP contribution in [0.1, 0.15) is 22.8 Å². The van der Waals surface area contributed by atoms with Gasteiger partial charge < -0.3 is 19.3 Å². The van der Waals surface area contributed by atoms with Gasteiger partial charge in [0.15, 0.2) is 17.1 Å². The number of hydrogen-bond donors (Lipinski definition) is 1. The van der Waals surface area contributed by atoms with Gasteiger partial charge in [0.1, 0.15) is 22.9 Å². The normalized spacial score (nSPS) is 12.3. The summed E-state index contributed by atoms with van der Waals surface area (Å²) in [5.41, 5.74) is 0.727. The summed E-state index contributed by atoms with van der Waals surface area (Å²) in [6, 6.07) is 13.9. The van der Waals surface area contributed by atoms with Crippen LogP contribution in [0.3, 0.4) is 0 Å². The molecule has 0 aliphatic carbocycles.